The highest BCUT2D eigenvalue weighted by Crippen LogP contribution is 2.21. The van der Waals surface area contributed by atoms with Crippen molar-refractivity contribution in [3.63, 3.8) is 0 Å². The van der Waals surface area contributed by atoms with Gasteiger partial charge in [0.05, 0.1) is 6.61 Å². The molecule has 0 aromatic heterocycles. The number of hydrogen-bond donors (Lipinski definition) is 1. The van der Waals surface area contributed by atoms with Gasteiger partial charge < -0.3 is 4.74 Å². The Bertz CT molecular complexity index is 320. The fraction of sp³-hybridized carbons (Fsp3) is 0.417. The minimum Gasteiger partial charge on any atom is -0.465 e. The molecule has 1 rings (SSSR count). The zero-order valence-electron chi connectivity index (χ0n) is 9.06. The molecule has 0 radical (unpaired) electrons. The molecule has 0 saturated carbocycles. The number of esters is 1. The van der Waals surface area contributed by atoms with Gasteiger partial charge in [-0.05, 0) is 25.8 Å². The number of thiol groups is 1. The second-order valence-electron chi connectivity index (χ2n) is 3.66. The largest absolute Gasteiger partial charge is 0.465 e. The normalized spacial score (nSPS) is 14.3. The zero-order chi connectivity index (χ0) is 11.3. The van der Waals surface area contributed by atoms with E-state index in [0.29, 0.717) is 13.0 Å². The van der Waals surface area contributed by atoms with Crippen LogP contribution in [0.2, 0.25) is 0 Å². The quantitative estimate of drug-likeness (QED) is 0.628. The van der Waals surface area contributed by atoms with E-state index in [1.165, 1.54) is 0 Å². The van der Waals surface area contributed by atoms with Gasteiger partial charge in [-0.25, -0.2) is 0 Å². The van der Waals surface area contributed by atoms with Gasteiger partial charge in [0.15, 0.2) is 0 Å². The second-order valence-corrected chi connectivity index (χ2v) is 4.64. The van der Waals surface area contributed by atoms with Gasteiger partial charge in [0.25, 0.3) is 0 Å². The highest BCUT2D eigenvalue weighted by atomic mass is 32.1. The molecule has 3 heteroatoms. The summed E-state index contributed by atoms with van der Waals surface area (Å²) in [4.78, 5) is 11.6. The molecule has 15 heavy (non-hydrogen) atoms. The maximum Gasteiger partial charge on any atom is 0.321 e. The molecular formula is C12H16O2S. The number of carbonyl (C=O) groups excluding carboxylic acids is 1. The summed E-state index contributed by atoms with van der Waals surface area (Å²) in [5, 5.41) is 0. The van der Waals surface area contributed by atoms with Gasteiger partial charge >= 0.3 is 5.97 Å². The smallest absolute Gasteiger partial charge is 0.321 e. The molecule has 0 spiro atoms. The van der Waals surface area contributed by atoms with Gasteiger partial charge in [0, 0.05) is 0 Å². The first-order chi connectivity index (χ1) is 7.06. The van der Waals surface area contributed by atoms with E-state index in [9.17, 15) is 4.79 Å². The molecule has 2 nitrogen and oxygen atoms in total. The van der Waals surface area contributed by atoms with Crippen LogP contribution in [0.1, 0.15) is 19.4 Å². The Morgan fingerprint density at radius 2 is 2.00 bits per heavy atom. The molecule has 0 unspecified atom stereocenters. The topological polar surface area (TPSA) is 26.3 Å². The number of carbonyl (C=O) groups is 1. The predicted octanol–water partition coefficient (Wildman–Crippen LogP) is 2.48. The fourth-order valence-corrected chi connectivity index (χ4v) is 1.60. The molecule has 0 N–H and O–H groups in total. The van der Waals surface area contributed by atoms with E-state index >= 15 is 0 Å². The molecule has 0 fully saturated rings. The Balaban J connectivity index is 2.68. The lowest BCUT2D eigenvalue weighted by molar-refractivity contribution is -0.145. The first-order valence-electron chi connectivity index (χ1n) is 5.00. The van der Waals surface area contributed by atoms with E-state index < -0.39 is 4.75 Å². The van der Waals surface area contributed by atoms with Crippen molar-refractivity contribution in [2.24, 2.45) is 0 Å². The molecule has 0 bridgehead atoms. The molecule has 1 atom stereocenters. The SMILES string of the molecule is CCOC(=O)[C@](C)(S)Cc1ccccc1. The summed E-state index contributed by atoms with van der Waals surface area (Å²) < 4.78 is 4.21. The lowest BCUT2D eigenvalue weighted by Crippen LogP contribution is -2.33. The van der Waals surface area contributed by atoms with Gasteiger partial charge in [-0.15, -0.1) is 0 Å². The molecular weight excluding hydrogens is 208 g/mol. The summed E-state index contributed by atoms with van der Waals surface area (Å²) in [6.45, 7) is 3.97. The molecule has 0 aliphatic rings. The van der Waals surface area contributed by atoms with Crippen molar-refractivity contribution in [3.8, 4) is 0 Å². The Kier molecular flexibility index (Phi) is 4.21. The maximum absolute atomic E-state index is 11.6. The summed E-state index contributed by atoms with van der Waals surface area (Å²) in [5.41, 5.74) is 1.09. The summed E-state index contributed by atoms with van der Waals surface area (Å²) in [6, 6.07) is 9.81. The molecule has 0 aliphatic carbocycles. The molecule has 0 amide bonds. The van der Waals surface area contributed by atoms with Crippen molar-refractivity contribution >= 4 is 18.6 Å². The molecule has 0 aliphatic heterocycles. The Labute approximate surface area is 96.1 Å². The van der Waals surface area contributed by atoms with Gasteiger partial charge in [0.1, 0.15) is 4.75 Å². The third kappa shape index (κ3) is 3.59. The lowest BCUT2D eigenvalue weighted by atomic mass is 10.0. The van der Waals surface area contributed by atoms with Gasteiger partial charge in [-0.3, -0.25) is 4.79 Å². The highest BCUT2D eigenvalue weighted by molar-refractivity contribution is 7.82. The van der Waals surface area contributed by atoms with E-state index in [1.807, 2.05) is 30.3 Å². The molecule has 82 valence electrons. The van der Waals surface area contributed by atoms with Crippen LogP contribution >= 0.6 is 12.6 Å². The summed E-state index contributed by atoms with van der Waals surface area (Å²) in [5.74, 6) is -0.266. The zero-order valence-corrected chi connectivity index (χ0v) is 9.96. The standard InChI is InChI=1S/C12H16O2S/c1-3-14-11(13)12(2,15)9-10-7-5-4-6-8-10/h4-8,15H,3,9H2,1-2H3/t12-/m1/s1. The third-order valence-corrected chi connectivity index (χ3v) is 2.45. The van der Waals surface area contributed by atoms with Crippen LogP contribution in [0.4, 0.5) is 0 Å². The average Bonchev–Trinajstić information content (AvgIpc) is 2.19. The van der Waals surface area contributed by atoms with E-state index in [-0.39, 0.29) is 5.97 Å². The van der Waals surface area contributed by atoms with Gasteiger partial charge in [-0.2, -0.15) is 12.6 Å². The Hall–Kier alpha value is -0.960. The van der Waals surface area contributed by atoms with Crippen LogP contribution in [0.5, 0.6) is 0 Å². The van der Waals surface area contributed by atoms with Crippen LogP contribution < -0.4 is 0 Å². The van der Waals surface area contributed by atoms with Crippen molar-refractivity contribution in [2.45, 2.75) is 25.0 Å². The number of rotatable bonds is 4. The number of hydrogen-bond acceptors (Lipinski definition) is 3. The van der Waals surface area contributed by atoms with Crippen LogP contribution in [-0.4, -0.2) is 17.3 Å². The van der Waals surface area contributed by atoms with E-state index in [2.05, 4.69) is 12.6 Å². The number of ether oxygens (including phenoxy) is 1. The highest BCUT2D eigenvalue weighted by Gasteiger charge is 2.30. The van der Waals surface area contributed by atoms with Crippen LogP contribution in [0.15, 0.2) is 30.3 Å². The molecule has 1 aromatic carbocycles. The predicted molar refractivity (Wildman–Crippen MR) is 64.2 cm³/mol. The lowest BCUT2D eigenvalue weighted by Gasteiger charge is -2.21. The Morgan fingerprint density at radius 3 is 2.53 bits per heavy atom. The first kappa shape index (κ1) is 12.1. The molecule has 0 saturated heterocycles. The van der Waals surface area contributed by atoms with Crippen molar-refractivity contribution in [1.29, 1.82) is 0 Å². The van der Waals surface area contributed by atoms with Crippen molar-refractivity contribution < 1.29 is 9.53 Å². The van der Waals surface area contributed by atoms with Crippen molar-refractivity contribution in [1.82, 2.24) is 0 Å². The van der Waals surface area contributed by atoms with E-state index in [1.54, 1.807) is 13.8 Å². The molecule has 1 aromatic rings. The van der Waals surface area contributed by atoms with Crippen molar-refractivity contribution in [3.05, 3.63) is 35.9 Å². The van der Waals surface area contributed by atoms with Crippen LogP contribution in [-0.2, 0) is 16.0 Å². The summed E-state index contributed by atoms with van der Waals surface area (Å²) in [6.07, 6.45) is 0.579. The van der Waals surface area contributed by atoms with Crippen LogP contribution in [0, 0.1) is 0 Å². The Morgan fingerprint density at radius 1 is 1.40 bits per heavy atom. The molecule has 0 heterocycles. The second kappa shape index (κ2) is 5.21. The van der Waals surface area contributed by atoms with Gasteiger partial charge in [-0.1, -0.05) is 30.3 Å². The number of benzene rings is 1. The third-order valence-electron chi connectivity index (χ3n) is 2.11. The maximum atomic E-state index is 11.6. The van der Waals surface area contributed by atoms with Crippen molar-refractivity contribution in [2.75, 3.05) is 6.61 Å². The van der Waals surface area contributed by atoms with Crippen LogP contribution in [0.25, 0.3) is 0 Å². The summed E-state index contributed by atoms with van der Waals surface area (Å²) in [7, 11) is 0. The minimum atomic E-state index is -0.753. The monoisotopic (exact) mass is 224 g/mol. The van der Waals surface area contributed by atoms with E-state index in [4.69, 9.17) is 4.74 Å². The van der Waals surface area contributed by atoms with Crippen LogP contribution in [0.3, 0.4) is 0 Å². The minimum absolute atomic E-state index is 0.266. The first-order valence-corrected chi connectivity index (χ1v) is 5.44. The summed E-state index contributed by atoms with van der Waals surface area (Å²) >= 11 is 4.35. The average molecular weight is 224 g/mol. The van der Waals surface area contributed by atoms with Gasteiger partial charge in [0.2, 0.25) is 0 Å². The fourth-order valence-electron chi connectivity index (χ4n) is 1.35. The van der Waals surface area contributed by atoms with E-state index in [0.717, 1.165) is 5.56 Å².